The Bertz CT molecular complexity index is 491. The van der Waals surface area contributed by atoms with Crippen molar-refractivity contribution >= 4 is 21.7 Å². The maximum Gasteiger partial charge on any atom is 0.210 e. The molecule has 0 fully saturated rings. The number of aromatic nitrogens is 2. The van der Waals surface area contributed by atoms with Crippen LogP contribution in [0.2, 0.25) is 0 Å². The SMILES string of the molecule is CNc1cc(NCCS(N)(=O)=O)nc(COC)n1. The van der Waals surface area contributed by atoms with Crippen molar-refractivity contribution < 1.29 is 13.2 Å². The molecule has 1 rings (SSSR count). The number of nitrogens with one attached hydrogen (secondary N) is 2. The van der Waals surface area contributed by atoms with Crippen LogP contribution in [0.4, 0.5) is 11.6 Å². The second-order valence-electron chi connectivity index (χ2n) is 3.53. The molecule has 0 aromatic carbocycles. The van der Waals surface area contributed by atoms with Crippen LogP contribution >= 0.6 is 0 Å². The van der Waals surface area contributed by atoms with Gasteiger partial charge in [0.15, 0.2) is 5.82 Å². The van der Waals surface area contributed by atoms with Crippen LogP contribution in [0.3, 0.4) is 0 Å². The Morgan fingerprint density at radius 1 is 1.39 bits per heavy atom. The summed E-state index contributed by atoms with van der Waals surface area (Å²) in [6, 6.07) is 1.67. The molecule has 0 unspecified atom stereocenters. The lowest BCUT2D eigenvalue weighted by atomic mass is 10.4. The van der Waals surface area contributed by atoms with Gasteiger partial charge in [-0.1, -0.05) is 0 Å². The van der Waals surface area contributed by atoms with Gasteiger partial charge in [0.1, 0.15) is 18.2 Å². The minimum Gasteiger partial charge on any atom is -0.377 e. The summed E-state index contributed by atoms with van der Waals surface area (Å²) in [5.41, 5.74) is 0. The summed E-state index contributed by atoms with van der Waals surface area (Å²) in [6.07, 6.45) is 0. The number of primary sulfonamides is 1. The molecule has 1 heterocycles. The number of anilines is 2. The minimum absolute atomic E-state index is 0.161. The first-order valence-electron chi connectivity index (χ1n) is 5.23. The molecule has 0 radical (unpaired) electrons. The van der Waals surface area contributed by atoms with Crippen molar-refractivity contribution in [3.8, 4) is 0 Å². The van der Waals surface area contributed by atoms with E-state index in [1.54, 1.807) is 20.2 Å². The van der Waals surface area contributed by atoms with Crippen molar-refractivity contribution in [1.82, 2.24) is 9.97 Å². The summed E-state index contributed by atoms with van der Waals surface area (Å²) in [6.45, 7) is 0.463. The van der Waals surface area contributed by atoms with Crippen LogP contribution in [0.25, 0.3) is 0 Å². The minimum atomic E-state index is -3.48. The smallest absolute Gasteiger partial charge is 0.210 e. The Morgan fingerprint density at radius 2 is 2.06 bits per heavy atom. The first-order valence-corrected chi connectivity index (χ1v) is 6.95. The predicted molar refractivity (Wildman–Crippen MR) is 68.8 cm³/mol. The third-order valence-electron chi connectivity index (χ3n) is 1.99. The fourth-order valence-electron chi connectivity index (χ4n) is 1.23. The molecule has 0 spiro atoms. The number of hydrogen-bond acceptors (Lipinski definition) is 7. The number of sulfonamides is 1. The van der Waals surface area contributed by atoms with Crippen molar-refractivity contribution in [3.05, 3.63) is 11.9 Å². The van der Waals surface area contributed by atoms with Gasteiger partial charge < -0.3 is 15.4 Å². The third-order valence-corrected chi connectivity index (χ3v) is 2.77. The number of ether oxygens (including phenoxy) is 1. The zero-order valence-corrected chi connectivity index (χ0v) is 11.1. The molecule has 102 valence electrons. The van der Waals surface area contributed by atoms with Crippen molar-refractivity contribution in [2.24, 2.45) is 5.14 Å². The van der Waals surface area contributed by atoms with Gasteiger partial charge in [0.05, 0.1) is 5.75 Å². The van der Waals surface area contributed by atoms with Gasteiger partial charge in [-0.15, -0.1) is 0 Å². The summed E-state index contributed by atoms with van der Waals surface area (Å²) in [7, 11) is -0.202. The molecule has 0 aliphatic heterocycles. The molecule has 18 heavy (non-hydrogen) atoms. The Kier molecular flexibility index (Phi) is 5.25. The average Bonchev–Trinajstić information content (AvgIpc) is 2.27. The lowest BCUT2D eigenvalue weighted by Gasteiger charge is -2.09. The van der Waals surface area contributed by atoms with Crippen LogP contribution in [-0.2, 0) is 21.4 Å². The molecule has 1 aromatic heterocycles. The van der Waals surface area contributed by atoms with E-state index >= 15 is 0 Å². The Balaban J connectivity index is 2.72. The zero-order chi connectivity index (χ0) is 13.6. The lowest BCUT2D eigenvalue weighted by molar-refractivity contribution is 0.178. The van der Waals surface area contributed by atoms with Crippen LogP contribution in [0.5, 0.6) is 0 Å². The largest absolute Gasteiger partial charge is 0.377 e. The van der Waals surface area contributed by atoms with E-state index in [0.29, 0.717) is 17.5 Å². The van der Waals surface area contributed by atoms with Crippen molar-refractivity contribution in [3.63, 3.8) is 0 Å². The van der Waals surface area contributed by atoms with Crippen molar-refractivity contribution in [2.45, 2.75) is 6.61 Å². The molecule has 0 amide bonds. The number of rotatable bonds is 7. The van der Waals surface area contributed by atoms with E-state index < -0.39 is 10.0 Å². The van der Waals surface area contributed by atoms with Gasteiger partial charge in [-0.05, 0) is 0 Å². The summed E-state index contributed by atoms with van der Waals surface area (Å²) < 4.78 is 26.5. The number of hydrogen-bond donors (Lipinski definition) is 3. The van der Waals surface area contributed by atoms with E-state index in [4.69, 9.17) is 9.88 Å². The quantitative estimate of drug-likeness (QED) is 0.605. The molecule has 0 saturated carbocycles. The predicted octanol–water partition coefficient (Wildman–Crippen LogP) is -0.635. The fraction of sp³-hybridized carbons (Fsp3) is 0.556. The van der Waals surface area contributed by atoms with Gasteiger partial charge in [0, 0.05) is 26.8 Å². The molecule has 8 nitrogen and oxygen atoms in total. The second kappa shape index (κ2) is 6.47. The number of nitrogens with two attached hydrogens (primary N) is 1. The second-order valence-corrected chi connectivity index (χ2v) is 5.27. The summed E-state index contributed by atoms with van der Waals surface area (Å²) in [5.74, 6) is 1.48. The van der Waals surface area contributed by atoms with E-state index in [-0.39, 0.29) is 18.9 Å². The van der Waals surface area contributed by atoms with Crippen molar-refractivity contribution in [1.29, 1.82) is 0 Å². The fourth-order valence-corrected chi connectivity index (χ4v) is 1.62. The average molecular weight is 275 g/mol. The highest BCUT2D eigenvalue weighted by molar-refractivity contribution is 7.89. The van der Waals surface area contributed by atoms with E-state index in [9.17, 15) is 8.42 Å². The third kappa shape index (κ3) is 5.25. The van der Waals surface area contributed by atoms with E-state index in [0.717, 1.165) is 0 Å². The molecule has 9 heteroatoms. The Labute approximate surface area is 106 Å². The normalized spacial score (nSPS) is 11.3. The zero-order valence-electron chi connectivity index (χ0n) is 10.3. The molecule has 0 aliphatic rings. The molecule has 0 atom stereocenters. The molecule has 0 saturated heterocycles. The summed E-state index contributed by atoms with van der Waals surface area (Å²) in [4.78, 5) is 8.34. The topological polar surface area (TPSA) is 119 Å². The maximum atomic E-state index is 10.8. The first-order chi connectivity index (χ1) is 8.44. The maximum absolute atomic E-state index is 10.8. The van der Waals surface area contributed by atoms with Crippen LogP contribution in [0.1, 0.15) is 5.82 Å². The Hall–Kier alpha value is -1.45. The van der Waals surface area contributed by atoms with E-state index in [2.05, 4.69) is 20.6 Å². The van der Waals surface area contributed by atoms with Gasteiger partial charge in [0.25, 0.3) is 0 Å². The molecule has 1 aromatic rings. The molecule has 0 aliphatic carbocycles. The molecular formula is C9H17N5O3S. The van der Waals surface area contributed by atoms with Gasteiger partial charge in [-0.25, -0.2) is 23.5 Å². The number of methoxy groups -OCH3 is 1. The number of nitrogens with zero attached hydrogens (tertiary/aromatic N) is 2. The van der Waals surface area contributed by atoms with Crippen LogP contribution in [0, 0.1) is 0 Å². The monoisotopic (exact) mass is 275 g/mol. The first kappa shape index (κ1) is 14.6. The van der Waals surface area contributed by atoms with E-state index in [1.807, 2.05) is 0 Å². The van der Waals surface area contributed by atoms with Crippen molar-refractivity contribution in [2.75, 3.05) is 37.1 Å². The van der Waals surface area contributed by atoms with Gasteiger partial charge >= 0.3 is 0 Å². The van der Waals surface area contributed by atoms with Gasteiger partial charge in [-0.3, -0.25) is 0 Å². The molecule has 4 N–H and O–H groups in total. The van der Waals surface area contributed by atoms with Crippen LogP contribution in [-0.4, -0.2) is 44.8 Å². The van der Waals surface area contributed by atoms with Gasteiger partial charge in [0.2, 0.25) is 10.0 Å². The molecular weight excluding hydrogens is 258 g/mol. The Morgan fingerprint density at radius 3 is 2.61 bits per heavy atom. The van der Waals surface area contributed by atoms with Gasteiger partial charge in [-0.2, -0.15) is 0 Å². The molecule has 0 bridgehead atoms. The van der Waals surface area contributed by atoms with Crippen LogP contribution < -0.4 is 15.8 Å². The van der Waals surface area contributed by atoms with Crippen LogP contribution in [0.15, 0.2) is 6.07 Å². The standard InChI is InChI=1S/C9H17N5O3S/c1-11-7-5-8(12-3-4-18(10,15)16)14-9(13-7)6-17-2/h5H,3-4,6H2,1-2H3,(H2,10,15,16)(H2,11,12,13,14). The summed E-state index contributed by atoms with van der Waals surface area (Å²) in [5, 5.41) is 10.7. The summed E-state index contributed by atoms with van der Waals surface area (Å²) >= 11 is 0. The highest BCUT2D eigenvalue weighted by Crippen LogP contribution is 2.11. The van der Waals surface area contributed by atoms with E-state index in [1.165, 1.54) is 0 Å². The highest BCUT2D eigenvalue weighted by atomic mass is 32.2. The highest BCUT2D eigenvalue weighted by Gasteiger charge is 2.05. The lowest BCUT2D eigenvalue weighted by Crippen LogP contribution is -2.22.